The number of aliphatic hydroxyl groups is 2. The van der Waals surface area contributed by atoms with Crippen molar-refractivity contribution in [1.29, 1.82) is 0 Å². The molecule has 192 valence electrons. The summed E-state index contributed by atoms with van der Waals surface area (Å²) in [6.45, 7) is 2.30. The van der Waals surface area contributed by atoms with Gasteiger partial charge in [-0.3, -0.25) is 0 Å². The van der Waals surface area contributed by atoms with E-state index in [1.54, 1.807) is 6.33 Å². The molecule has 2 saturated heterocycles. The maximum atomic E-state index is 17.2. The number of alkyl halides is 1. The Kier molecular flexibility index (Phi) is 4.73. The van der Waals surface area contributed by atoms with E-state index < -0.39 is 29.1 Å². The fourth-order valence-electron chi connectivity index (χ4n) is 9.16. The van der Waals surface area contributed by atoms with Gasteiger partial charge in [0.25, 0.3) is 0 Å². The van der Waals surface area contributed by atoms with Crippen molar-refractivity contribution in [3.63, 3.8) is 0 Å². The molecule has 6 nitrogen and oxygen atoms in total. The molecule has 0 amide bonds. The SMILES string of the molecule is CN(C)C1CC23CCC4(O2)C2CC=C(c5ccc6ncncc6c5)C2(C)CCC4(F)CC3C(O)C1O. The Labute approximate surface area is 211 Å². The molecule has 1 aromatic heterocycles. The zero-order valence-corrected chi connectivity index (χ0v) is 21.3. The van der Waals surface area contributed by atoms with Gasteiger partial charge in [-0.25, -0.2) is 14.4 Å². The Morgan fingerprint density at radius 3 is 2.72 bits per heavy atom. The van der Waals surface area contributed by atoms with Crippen molar-refractivity contribution < 1.29 is 19.3 Å². The van der Waals surface area contributed by atoms with E-state index >= 15 is 4.39 Å². The van der Waals surface area contributed by atoms with Crippen molar-refractivity contribution in [2.45, 2.75) is 87.0 Å². The zero-order valence-electron chi connectivity index (χ0n) is 21.3. The molecule has 2 saturated carbocycles. The summed E-state index contributed by atoms with van der Waals surface area (Å²) in [5.41, 5.74) is 0.255. The molecule has 2 aromatic rings. The van der Waals surface area contributed by atoms with Gasteiger partial charge in [-0.2, -0.15) is 0 Å². The number of aromatic nitrogens is 2. The van der Waals surface area contributed by atoms with Crippen molar-refractivity contribution in [1.82, 2.24) is 14.9 Å². The lowest BCUT2D eigenvalue weighted by molar-refractivity contribution is -0.314. The highest BCUT2D eigenvalue weighted by Crippen LogP contribution is 2.72. The minimum absolute atomic E-state index is 0.0450. The summed E-state index contributed by atoms with van der Waals surface area (Å²) in [6, 6.07) is 6.15. The topological polar surface area (TPSA) is 78.7 Å². The maximum absolute atomic E-state index is 17.2. The van der Waals surface area contributed by atoms with Crippen molar-refractivity contribution >= 4 is 16.5 Å². The van der Waals surface area contributed by atoms with Crippen molar-refractivity contribution in [2.75, 3.05) is 14.1 Å². The third-order valence-electron chi connectivity index (χ3n) is 11.0. The van der Waals surface area contributed by atoms with E-state index in [0.717, 1.165) is 35.7 Å². The standard InChI is InChI=1S/C29H36FN3O3/c1-26-8-10-28(30)13-20-24(34)25(35)22(33(2)3)14-27(20)9-11-29(28,36-27)23(26)7-5-19(26)17-4-6-21-18(12-17)15-31-16-32-21/h4-6,12,15-16,20,22-25,34-35H,7-11,13-14H2,1-3H3. The zero-order chi connectivity index (χ0) is 25.1. The van der Waals surface area contributed by atoms with Crippen LogP contribution in [-0.2, 0) is 4.74 Å². The molecular weight excluding hydrogens is 457 g/mol. The number of fused-ring (bicyclic) bond motifs is 2. The molecular formula is C29H36FN3O3. The number of ether oxygens (including phenoxy) is 1. The number of nitrogens with zero attached hydrogens (tertiary/aromatic N) is 3. The monoisotopic (exact) mass is 493 g/mol. The van der Waals surface area contributed by atoms with Gasteiger partial charge in [0.15, 0.2) is 0 Å². The molecule has 9 unspecified atom stereocenters. The first-order valence-electron chi connectivity index (χ1n) is 13.5. The molecule has 7 rings (SSSR count). The normalized spacial score (nSPS) is 47.4. The minimum Gasteiger partial charge on any atom is -0.390 e. The van der Waals surface area contributed by atoms with Crippen LogP contribution in [0.1, 0.15) is 57.4 Å². The number of halogens is 1. The van der Waals surface area contributed by atoms with E-state index in [1.165, 1.54) is 5.57 Å². The number of aliphatic hydroxyl groups excluding tert-OH is 2. The van der Waals surface area contributed by atoms with Gasteiger partial charge in [-0.15, -0.1) is 0 Å². The predicted octanol–water partition coefficient (Wildman–Crippen LogP) is 3.91. The number of allylic oxidation sites excluding steroid dienone is 2. The predicted molar refractivity (Wildman–Crippen MR) is 135 cm³/mol. The van der Waals surface area contributed by atoms with Crippen LogP contribution in [-0.4, -0.2) is 74.3 Å². The molecule has 1 aromatic carbocycles. The van der Waals surface area contributed by atoms with E-state index in [-0.39, 0.29) is 29.7 Å². The van der Waals surface area contributed by atoms with E-state index in [0.29, 0.717) is 19.3 Å². The van der Waals surface area contributed by atoms with Crippen molar-refractivity contribution in [2.24, 2.45) is 17.3 Å². The Bertz CT molecular complexity index is 1270. The fraction of sp³-hybridized carbons (Fsp3) is 0.655. The van der Waals surface area contributed by atoms with E-state index in [2.05, 4.69) is 35.1 Å². The van der Waals surface area contributed by atoms with Crippen LogP contribution in [0.25, 0.3) is 16.5 Å². The lowest BCUT2D eigenvalue weighted by Crippen LogP contribution is -2.72. The molecule has 2 spiro atoms. The fourth-order valence-corrected chi connectivity index (χ4v) is 9.16. The Morgan fingerprint density at radius 1 is 1.08 bits per heavy atom. The van der Waals surface area contributed by atoms with E-state index in [1.807, 2.05) is 31.3 Å². The van der Waals surface area contributed by atoms with E-state index in [9.17, 15) is 10.2 Å². The van der Waals surface area contributed by atoms with Crippen LogP contribution in [0.2, 0.25) is 0 Å². The average molecular weight is 494 g/mol. The summed E-state index contributed by atoms with van der Waals surface area (Å²) < 4.78 is 24.3. The highest BCUT2D eigenvalue weighted by atomic mass is 19.1. The molecule has 3 aliphatic carbocycles. The lowest BCUT2D eigenvalue weighted by Gasteiger charge is -2.64. The smallest absolute Gasteiger partial charge is 0.140 e. The van der Waals surface area contributed by atoms with Gasteiger partial charge in [0.1, 0.15) is 17.6 Å². The summed E-state index contributed by atoms with van der Waals surface area (Å²) in [6.07, 6.45) is 8.17. The molecule has 2 aliphatic heterocycles. The summed E-state index contributed by atoms with van der Waals surface area (Å²) in [4.78, 5) is 10.5. The first-order valence-corrected chi connectivity index (χ1v) is 13.5. The van der Waals surface area contributed by atoms with Crippen LogP contribution < -0.4 is 0 Å². The largest absolute Gasteiger partial charge is 0.390 e. The maximum Gasteiger partial charge on any atom is 0.140 e. The van der Waals surface area contributed by atoms with E-state index in [4.69, 9.17) is 4.74 Å². The van der Waals surface area contributed by atoms with Crippen molar-refractivity contribution in [3.8, 4) is 0 Å². The van der Waals surface area contributed by atoms with Crippen molar-refractivity contribution in [3.05, 3.63) is 42.4 Å². The first-order chi connectivity index (χ1) is 17.1. The highest BCUT2D eigenvalue weighted by Gasteiger charge is 2.77. The highest BCUT2D eigenvalue weighted by molar-refractivity contribution is 5.84. The van der Waals surface area contributed by atoms with Crippen LogP contribution >= 0.6 is 0 Å². The Morgan fingerprint density at radius 2 is 1.92 bits per heavy atom. The minimum atomic E-state index is -1.49. The number of benzene rings is 1. The summed E-state index contributed by atoms with van der Waals surface area (Å²) in [5, 5.41) is 23.1. The molecule has 3 heterocycles. The average Bonchev–Trinajstić information content (AvgIpc) is 3.39. The van der Waals surface area contributed by atoms with Crippen LogP contribution in [0.4, 0.5) is 4.39 Å². The lowest BCUT2D eigenvalue weighted by atomic mass is 9.51. The second-order valence-corrected chi connectivity index (χ2v) is 12.7. The molecule has 36 heavy (non-hydrogen) atoms. The molecule has 9 atom stereocenters. The first kappa shape index (κ1) is 23.2. The second-order valence-electron chi connectivity index (χ2n) is 12.7. The molecule has 0 radical (unpaired) electrons. The van der Waals surface area contributed by atoms with Gasteiger partial charge < -0.3 is 19.8 Å². The number of hydrogen-bond donors (Lipinski definition) is 2. The molecule has 4 fully saturated rings. The van der Waals surface area contributed by atoms with Gasteiger partial charge in [0, 0.05) is 29.5 Å². The second kappa shape index (κ2) is 7.34. The summed E-state index contributed by atoms with van der Waals surface area (Å²) in [5.74, 6) is -0.327. The van der Waals surface area contributed by atoms with Crippen LogP contribution in [0, 0.1) is 17.3 Å². The van der Waals surface area contributed by atoms with Crippen LogP contribution in [0.15, 0.2) is 36.8 Å². The van der Waals surface area contributed by atoms with Gasteiger partial charge in [0.05, 0.1) is 23.3 Å². The van der Waals surface area contributed by atoms with Gasteiger partial charge in [-0.05, 0) is 87.7 Å². The number of likely N-dealkylation sites (N-methyl/N-ethyl adjacent to an activating group) is 1. The Hall–Kier alpha value is -1.93. The summed E-state index contributed by atoms with van der Waals surface area (Å²) >= 11 is 0. The molecule has 2 N–H and O–H groups in total. The molecule has 5 aliphatic rings. The van der Waals surface area contributed by atoms with Crippen LogP contribution in [0.5, 0.6) is 0 Å². The Balaban J connectivity index is 1.27. The third-order valence-corrected chi connectivity index (χ3v) is 11.0. The number of rotatable bonds is 2. The van der Waals surface area contributed by atoms with Gasteiger partial charge in [-0.1, -0.05) is 19.1 Å². The number of hydrogen-bond acceptors (Lipinski definition) is 6. The quantitative estimate of drug-likeness (QED) is 0.661. The molecule has 2 bridgehead atoms. The van der Waals surface area contributed by atoms with Gasteiger partial charge in [0.2, 0.25) is 0 Å². The van der Waals surface area contributed by atoms with Gasteiger partial charge >= 0.3 is 0 Å². The summed E-state index contributed by atoms with van der Waals surface area (Å²) in [7, 11) is 3.87. The molecule has 7 heteroatoms. The van der Waals surface area contributed by atoms with Crippen LogP contribution in [0.3, 0.4) is 0 Å². The third kappa shape index (κ3) is 2.75.